The predicted molar refractivity (Wildman–Crippen MR) is 69.0 cm³/mol. The van der Waals surface area contributed by atoms with Gasteiger partial charge in [-0.3, -0.25) is 0 Å². The van der Waals surface area contributed by atoms with Crippen LogP contribution < -0.4 is 20.1 Å². The van der Waals surface area contributed by atoms with Crippen LogP contribution >= 0.6 is 0 Å². The van der Waals surface area contributed by atoms with E-state index in [9.17, 15) is 0 Å². The molecule has 0 amide bonds. The number of aromatic nitrogens is 3. The molecular formula is C11H21N5O2. The fourth-order valence-electron chi connectivity index (χ4n) is 1.45. The number of nitrogens with zero attached hydrogens (tertiary/aromatic N) is 4. The Kier molecular flexibility index (Phi) is 5.57. The van der Waals surface area contributed by atoms with Crippen molar-refractivity contribution in [2.75, 3.05) is 38.8 Å². The number of methoxy groups -OCH3 is 2. The first-order chi connectivity index (χ1) is 8.64. The summed E-state index contributed by atoms with van der Waals surface area (Å²) in [7, 11) is 3.02. The number of hydrogen-bond donors (Lipinski definition) is 1. The fraction of sp³-hybridized carbons (Fsp3) is 0.727. The van der Waals surface area contributed by atoms with Gasteiger partial charge in [0, 0.05) is 13.1 Å². The zero-order valence-electron chi connectivity index (χ0n) is 11.4. The monoisotopic (exact) mass is 255 g/mol. The van der Waals surface area contributed by atoms with E-state index in [4.69, 9.17) is 15.2 Å². The Balaban J connectivity index is 2.96. The van der Waals surface area contributed by atoms with E-state index in [1.807, 2.05) is 11.8 Å². The van der Waals surface area contributed by atoms with Crippen LogP contribution in [-0.2, 0) is 0 Å². The first-order valence-corrected chi connectivity index (χ1v) is 5.93. The van der Waals surface area contributed by atoms with Gasteiger partial charge in [0.05, 0.1) is 14.2 Å². The van der Waals surface area contributed by atoms with Gasteiger partial charge in [0.25, 0.3) is 0 Å². The summed E-state index contributed by atoms with van der Waals surface area (Å²) in [5.41, 5.74) is 5.64. The lowest BCUT2D eigenvalue weighted by atomic mass is 10.2. The molecule has 0 spiro atoms. The van der Waals surface area contributed by atoms with Crippen LogP contribution in [0.3, 0.4) is 0 Å². The van der Waals surface area contributed by atoms with E-state index in [2.05, 4.69) is 21.9 Å². The minimum absolute atomic E-state index is 0.246. The number of hydrogen-bond acceptors (Lipinski definition) is 7. The maximum atomic E-state index is 5.64. The normalized spacial score (nSPS) is 12.1. The van der Waals surface area contributed by atoms with Gasteiger partial charge in [-0.2, -0.15) is 9.97 Å². The lowest BCUT2D eigenvalue weighted by Crippen LogP contribution is -2.33. The SMILES string of the molecule is CCN(CC(C)CN)c1nc(OC)nc(OC)n1. The highest BCUT2D eigenvalue weighted by atomic mass is 16.5. The van der Waals surface area contributed by atoms with E-state index in [-0.39, 0.29) is 12.0 Å². The molecule has 0 saturated carbocycles. The number of ether oxygens (including phenoxy) is 2. The van der Waals surface area contributed by atoms with Gasteiger partial charge in [-0.25, -0.2) is 0 Å². The predicted octanol–water partition coefficient (Wildman–Crippen LogP) is 0.310. The zero-order valence-corrected chi connectivity index (χ0v) is 11.4. The Morgan fingerprint density at radius 1 is 1.17 bits per heavy atom. The van der Waals surface area contributed by atoms with Gasteiger partial charge in [-0.1, -0.05) is 6.92 Å². The third-order valence-electron chi connectivity index (χ3n) is 2.55. The van der Waals surface area contributed by atoms with Crippen molar-refractivity contribution in [2.24, 2.45) is 11.7 Å². The van der Waals surface area contributed by atoms with Crippen LogP contribution in [0.5, 0.6) is 12.0 Å². The molecule has 2 N–H and O–H groups in total. The molecule has 0 aliphatic rings. The smallest absolute Gasteiger partial charge is 0.324 e. The molecule has 1 atom stereocenters. The largest absolute Gasteiger partial charge is 0.467 e. The zero-order chi connectivity index (χ0) is 13.5. The van der Waals surface area contributed by atoms with Gasteiger partial charge in [0.15, 0.2) is 0 Å². The van der Waals surface area contributed by atoms with Crippen molar-refractivity contribution in [1.82, 2.24) is 15.0 Å². The summed E-state index contributed by atoms with van der Waals surface area (Å²) < 4.78 is 10.1. The molecule has 1 heterocycles. The summed E-state index contributed by atoms with van der Waals surface area (Å²) in [5.74, 6) is 0.903. The molecule has 0 aliphatic carbocycles. The van der Waals surface area contributed by atoms with E-state index in [1.165, 1.54) is 14.2 Å². The molecule has 1 unspecified atom stereocenters. The summed E-state index contributed by atoms with van der Waals surface area (Å²) in [6, 6.07) is 0.492. The van der Waals surface area contributed by atoms with E-state index in [0.29, 0.717) is 18.4 Å². The van der Waals surface area contributed by atoms with Crippen molar-refractivity contribution in [3.05, 3.63) is 0 Å². The third-order valence-corrected chi connectivity index (χ3v) is 2.55. The van der Waals surface area contributed by atoms with Gasteiger partial charge in [0.2, 0.25) is 5.95 Å². The topological polar surface area (TPSA) is 86.4 Å². The first-order valence-electron chi connectivity index (χ1n) is 5.93. The highest BCUT2D eigenvalue weighted by molar-refractivity contribution is 5.32. The Bertz CT molecular complexity index is 352. The van der Waals surface area contributed by atoms with Crippen LogP contribution in [0.25, 0.3) is 0 Å². The van der Waals surface area contributed by atoms with E-state index in [0.717, 1.165) is 13.1 Å². The van der Waals surface area contributed by atoms with Crippen LogP contribution in [-0.4, -0.2) is 48.8 Å². The molecule has 1 aromatic rings. The highest BCUT2D eigenvalue weighted by Crippen LogP contribution is 2.16. The van der Waals surface area contributed by atoms with E-state index >= 15 is 0 Å². The van der Waals surface area contributed by atoms with Crippen LogP contribution in [0.15, 0.2) is 0 Å². The molecule has 0 aliphatic heterocycles. The van der Waals surface area contributed by atoms with Gasteiger partial charge < -0.3 is 20.1 Å². The Morgan fingerprint density at radius 3 is 2.11 bits per heavy atom. The second-order valence-electron chi connectivity index (χ2n) is 3.99. The van der Waals surface area contributed by atoms with Gasteiger partial charge >= 0.3 is 12.0 Å². The summed E-state index contributed by atoms with van der Waals surface area (Å²) in [6.07, 6.45) is 0. The summed E-state index contributed by atoms with van der Waals surface area (Å²) >= 11 is 0. The van der Waals surface area contributed by atoms with E-state index in [1.54, 1.807) is 0 Å². The highest BCUT2D eigenvalue weighted by Gasteiger charge is 2.15. The molecule has 102 valence electrons. The second-order valence-corrected chi connectivity index (χ2v) is 3.99. The van der Waals surface area contributed by atoms with Crippen molar-refractivity contribution in [2.45, 2.75) is 13.8 Å². The summed E-state index contributed by atoms with van der Waals surface area (Å²) in [5, 5.41) is 0. The number of anilines is 1. The molecule has 0 bridgehead atoms. The second kappa shape index (κ2) is 6.95. The minimum atomic E-state index is 0.246. The van der Waals surface area contributed by atoms with Gasteiger partial charge in [-0.05, 0) is 19.4 Å². The van der Waals surface area contributed by atoms with Crippen molar-refractivity contribution >= 4 is 5.95 Å². The number of nitrogens with two attached hydrogens (primary N) is 1. The number of rotatable bonds is 7. The molecule has 0 aromatic carbocycles. The standard InChI is InChI=1S/C11H21N5O2/c1-5-16(7-8(2)6-12)9-13-10(17-3)15-11(14-9)18-4/h8H,5-7,12H2,1-4H3. The molecule has 1 aromatic heterocycles. The van der Waals surface area contributed by atoms with Crippen molar-refractivity contribution in [3.8, 4) is 12.0 Å². The van der Waals surface area contributed by atoms with Crippen LogP contribution in [0.2, 0.25) is 0 Å². The third kappa shape index (κ3) is 3.69. The maximum absolute atomic E-state index is 5.64. The van der Waals surface area contributed by atoms with Gasteiger partial charge in [-0.15, -0.1) is 4.98 Å². The van der Waals surface area contributed by atoms with Crippen molar-refractivity contribution in [3.63, 3.8) is 0 Å². The van der Waals surface area contributed by atoms with Crippen molar-refractivity contribution < 1.29 is 9.47 Å². The Hall–Kier alpha value is -1.63. The van der Waals surface area contributed by atoms with Crippen LogP contribution in [0.1, 0.15) is 13.8 Å². The molecule has 1 rings (SSSR count). The van der Waals surface area contributed by atoms with Gasteiger partial charge in [0.1, 0.15) is 0 Å². The minimum Gasteiger partial charge on any atom is -0.467 e. The average Bonchev–Trinajstić information content (AvgIpc) is 2.43. The van der Waals surface area contributed by atoms with Crippen LogP contribution in [0, 0.1) is 5.92 Å². The molecule has 0 saturated heterocycles. The Labute approximate surface area is 107 Å². The fourth-order valence-corrected chi connectivity index (χ4v) is 1.45. The van der Waals surface area contributed by atoms with E-state index < -0.39 is 0 Å². The van der Waals surface area contributed by atoms with Crippen LogP contribution in [0.4, 0.5) is 5.95 Å². The molecule has 7 heteroatoms. The molecular weight excluding hydrogens is 234 g/mol. The maximum Gasteiger partial charge on any atom is 0.324 e. The average molecular weight is 255 g/mol. The quantitative estimate of drug-likeness (QED) is 0.750. The summed E-state index contributed by atoms with van der Waals surface area (Å²) in [4.78, 5) is 14.4. The molecule has 7 nitrogen and oxygen atoms in total. The molecule has 0 radical (unpaired) electrons. The molecule has 18 heavy (non-hydrogen) atoms. The summed E-state index contributed by atoms with van der Waals surface area (Å²) in [6.45, 7) is 6.30. The van der Waals surface area contributed by atoms with Crippen molar-refractivity contribution in [1.29, 1.82) is 0 Å². The molecule has 0 fully saturated rings. The first kappa shape index (κ1) is 14.4. The lowest BCUT2D eigenvalue weighted by Gasteiger charge is -2.23. The Morgan fingerprint density at radius 2 is 1.72 bits per heavy atom. The lowest BCUT2D eigenvalue weighted by molar-refractivity contribution is 0.339.